The fraction of sp³-hybridized carbons (Fsp3) is 0.364. The van der Waals surface area contributed by atoms with Crippen molar-refractivity contribution in [1.82, 2.24) is 10.9 Å². The van der Waals surface area contributed by atoms with Crippen LogP contribution in [0.2, 0.25) is 0 Å². The Morgan fingerprint density at radius 2 is 2.00 bits per heavy atom. The number of nitrogens with two attached hydrogens (primary N) is 1. The Kier molecular flexibility index (Phi) is 4.27. The van der Waals surface area contributed by atoms with Crippen LogP contribution in [0.4, 0.5) is 0 Å². The van der Waals surface area contributed by atoms with E-state index in [9.17, 15) is 4.79 Å². The highest BCUT2D eigenvalue weighted by Gasteiger charge is 2.10. The first kappa shape index (κ1) is 11.7. The summed E-state index contributed by atoms with van der Waals surface area (Å²) < 4.78 is 0. The molecule has 1 aromatic carbocycles. The number of carbonyl (C=O) groups is 1. The Labute approximate surface area is 89.8 Å². The van der Waals surface area contributed by atoms with E-state index < -0.39 is 0 Å². The van der Waals surface area contributed by atoms with Gasteiger partial charge in [0.2, 0.25) is 5.91 Å². The molecule has 0 bridgehead atoms. The molecule has 0 aliphatic carbocycles. The quantitative estimate of drug-likeness (QED) is 0.635. The van der Waals surface area contributed by atoms with Crippen LogP contribution in [0.5, 0.6) is 0 Å². The van der Waals surface area contributed by atoms with E-state index in [1.54, 1.807) is 7.05 Å². The van der Waals surface area contributed by atoms with Crippen molar-refractivity contribution in [3.05, 3.63) is 35.4 Å². The topological polar surface area (TPSA) is 67.1 Å². The molecule has 4 nitrogen and oxygen atoms in total. The Morgan fingerprint density at radius 3 is 2.53 bits per heavy atom. The lowest BCUT2D eigenvalue weighted by atomic mass is 10.0. The minimum atomic E-state index is -0.251. The summed E-state index contributed by atoms with van der Waals surface area (Å²) in [6.07, 6.45) is 0.282. The van der Waals surface area contributed by atoms with Gasteiger partial charge in [-0.05, 0) is 12.5 Å². The molecule has 0 saturated heterocycles. The summed E-state index contributed by atoms with van der Waals surface area (Å²) in [6, 6.07) is 7.63. The Hall–Kier alpha value is -1.39. The number of benzene rings is 1. The lowest BCUT2D eigenvalue weighted by Gasteiger charge is -2.11. The number of nitrogens with one attached hydrogen (secondary N) is 2. The molecule has 15 heavy (non-hydrogen) atoms. The van der Waals surface area contributed by atoms with Gasteiger partial charge in [-0.3, -0.25) is 10.2 Å². The van der Waals surface area contributed by atoms with Crippen molar-refractivity contribution in [3.8, 4) is 0 Å². The summed E-state index contributed by atoms with van der Waals surface area (Å²) in [7, 11) is 1.65. The Morgan fingerprint density at radius 1 is 1.40 bits per heavy atom. The van der Waals surface area contributed by atoms with Gasteiger partial charge in [0.25, 0.3) is 0 Å². The minimum absolute atomic E-state index is 0.106. The highest BCUT2D eigenvalue weighted by atomic mass is 16.2. The van der Waals surface area contributed by atoms with Crippen LogP contribution in [0.15, 0.2) is 24.3 Å². The van der Waals surface area contributed by atoms with Crippen LogP contribution >= 0.6 is 0 Å². The van der Waals surface area contributed by atoms with E-state index in [0.717, 1.165) is 5.56 Å². The predicted octanol–water partition coefficient (Wildman–Crippen LogP) is 0.636. The molecule has 1 amide bonds. The van der Waals surface area contributed by atoms with Gasteiger partial charge in [0.1, 0.15) is 0 Å². The molecule has 1 unspecified atom stereocenters. The van der Waals surface area contributed by atoms with Gasteiger partial charge in [0.15, 0.2) is 0 Å². The third kappa shape index (κ3) is 3.69. The van der Waals surface area contributed by atoms with E-state index in [-0.39, 0.29) is 18.4 Å². The molecule has 0 radical (unpaired) electrons. The maximum absolute atomic E-state index is 11.2. The smallest absolute Gasteiger partial charge is 0.235 e. The van der Waals surface area contributed by atoms with Crippen molar-refractivity contribution in [2.75, 3.05) is 7.05 Å². The molecule has 1 rings (SSSR count). The lowest BCUT2D eigenvalue weighted by molar-refractivity contribution is -0.122. The van der Waals surface area contributed by atoms with Gasteiger partial charge in [-0.15, -0.1) is 0 Å². The van der Waals surface area contributed by atoms with Crippen LogP contribution < -0.4 is 16.6 Å². The van der Waals surface area contributed by atoms with Crippen molar-refractivity contribution in [3.63, 3.8) is 0 Å². The van der Waals surface area contributed by atoms with Gasteiger partial charge in [0.05, 0.1) is 0 Å². The molecule has 0 aliphatic heterocycles. The van der Waals surface area contributed by atoms with Crippen LogP contribution in [-0.2, 0) is 4.79 Å². The molecule has 0 aliphatic rings. The summed E-state index contributed by atoms with van der Waals surface area (Å²) in [5.41, 5.74) is 13.1. The molecule has 0 fully saturated rings. The van der Waals surface area contributed by atoms with Gasteiger partial charge in [-0.1, -0.05) is 29.8 Å². The number of hydrogen-bond acceptors (Lipinski definition) is 3. The molecule has 82 valence electrons. The van der Waals surface area contributed by atoms with E-state index in [0.29, 0.717) is 0 Å². The Balaban J connectivity index is 2.57. The van der Waals surface area contributed by atoms with Crippen molar-refractivity contribution in [1.29, 1.82) is 0 Å². The predicted molar refractivity (Wildman–Crippen MR) is 59.9 cm³/mol. The first-order valence-electron chi connectivity index (χ1n) is 4.91. The fourth-order valence-corrected chi connectivity index (χ4v) is 1.32. The first-order chi connectivity index (χ1) is 7.13. The molecule has 4 heteroatoms. The van der Waals surface area contributed by atoms with Crippen molar-refractivity contribution >= 4 is 5.91 Å². The van der Waals surface area contributed by atoms with Crippen LogP contribution in [-0.4, -0.2) is 13.0 Å². The number of aryl methyl sites for hydroxylation is 1. The third-order valence-corrected chi connectivity index (χ3v) is 2.18. The zero-order chi connectivity index (χ0) is 11.3. The van der Waals surface area contributed by atoms with E-state index in [1.807, 2.05) is 31.2 Å². The largest absolute Gasteiger partial charge is 0.324 e. The lowest BCUT2D eigenvalue weighted by Crippen LogP contribution is -2.36. The maximum atomic E-state index is 11.2. The number of hydrogen-bond donors (Lipinski definition) is 3. The SMILES string of the molecule is CNNC(=O)CC(N)c1ccc(C)cc1. The molecular formula is C11H17N3O. The average molecular weight is 207 g/mol. The van der Waals surface area contributed by atoms with Gasteiger partial charge in [-0.2, -0.15) is 0 Å². The van der Waals surface area contributed by atoms with Crippen LogP contribution in [0.1, 0.15) is 23.6 Å². The molecule has 0 saturated carbocycles. The summed E-state index contributed by atoms with van der Waals surface area (Å²) >= 11 is 0. The van der Waals surface area contributed by atoms with E-state index in [2.05, 4.69) is 10.9 Å². The third-order valence-electron chi connectivity index (χ3n) is 2.18. The van der Waals surface area contributed by atoms with Gasteiger partial charge in [-0.25, -0.2) is 5.43 Å². The molecule has 0 heterocycles. The summed E-state index contributed by atoms with van der Waals surface area (Å²) in [6.45, 7) is 2.02. The molecule has 0 aromatic heterocycles. The summed E-state index contributed by atoms with van der Waals surface area (Å²) in [5.74, 6) is -0.106. The van der Waals surface area contributed by atoms with Gasteiger partial charge < -0.3 is 5.73 Å². The van der Waals surface area contributed by atoms with Crippen molar-refractivity contribution < 1.29 is 4.79 Å². The fourth-order valence-electron chi connectivity index (χ4n) is 1.32. The van der Waals surface area contributed by atoms with Gasteiger partial charge in [0, 0.05) is 19.5 Å². The van der Waals surface area contributed by atoms with E-state index >= 15 is 0 Å². The Bertz CT molecular complexity index is 321. The molecule has 4 N–H and O–H groups in total. The van der Waals surface area contributed by atoms with Crippen LogP contribution in [0, 0.1) is 6.92 Å². The zero-order valence-electron chi connectivity index (χ0n) is 9.08. The van der Waals surface area contributed by atoms with Crippen molar-refractivity contribution in [2.45, 2.75) is 19.4 Å². The molecular weight excluding hydrogens is 190 g/mol. The van der Waals surface area contributed by atoms with E-state index in [4.69, 9.17) is 5.73 Å². The number of carbonyl (C=O) groups excluding carboxylic acids is 1. The van der Waals surface area contributed by atoms with E-state index in [1.165, 1.54) is 5.56 Å². The number of rotatable bonds is 4. The second kappa shape index (κ2) is 5.48. The minimum Gasteiger partial charge on any atom is -0.324 e. The maximum Gasteiger partial charge on any atom is 0.235 e. The number of amides is 1. The molecule has 1 atom stereocenters. The molecule has 1 aromatic rings. The standard InChI is InChI=1S/C11H17N3O/c1-8-3-5-9(6-4-8)10(12)7-11(15)14-13-2/h3-6,10,13H,7,12H2,1-2H3,(H,14,15). The number of hydrazine groups is 1. The van der Waals surface area contributed by atoms with Crippen LogP contribution in [0.25, 0.3) is 0 Å². The second-order valence-electron chi connectivity index (χ2n) is 3.52. The second-order valence-corrected chi connectivity index (χ2v) is 3.52. The normalized spacial score (nSPS) is 12.2. The van der Waals surface area contributed by atoms with Gasteiger partial charge >= 0.3 is 0 Å². The highest BCUT2D eigenvalue weighted by molar-refractivity contribution is 5.76. The summed E-state index contributed by atoms with van der Waals surface area (Å²) in [5, 5.41) is 0. The van der Waals surface area contributed by atoms with Crippen LogP contribution in [0.3, 0.4) is 0 Å². The average Bonchev–Trinajstić information content (AvgIpc) is 2.18. The monoisotopic (exact) mass is 207 g/mol. The summed E-state index contributed by atoms with van der Waals surface area (Å²) in [4.78, 5) is 11.2. The highest BCUT2D eigenvalue weighted by Crippen LogP contribution is 2.14. The first-order valence-corrected chi connectivity index (χ1v) is 4.91. The zero-order valence-corrected chi connectivity index (χ0v) is 9.08. The van der Waals surface area contributed by atoms with Crippen molar-refractivity contribution in [2.24, 2.45) is 5.73 Å². The molecule has 0 spiro atoms.